The molecule has 126 valence electrons. The maximum Gasteiger partial charge on any atom is 0.228 e. The van der Waals surface area contributed by atoms with E-state index in [0.717, 1.165) is 6.54 Å². The molecule has 2 aromatic heterocycles. The van der Waals surface area contributed by atoms with Gasteiger partial charge in [0.25, 0.3) is 0 Å². The Balaban J connectivity index is 0.000000253. The van der Waals surface area contributed by atoms with Gasteiger partial charge in [-0.15, -0.1) is 0 Å². The van der Waals surface area contributed by atoms with Gasteiger partial charge >= 0.3 is 0 Å². The highest BCUT2D eigenvalue weighted by Crippen LogP contribution is 2.09. The highest BCUT2D eigenvalue weighted by Gasteiger charge is 2.04. The molecule has 0 aliphatic rings. The van der Waals surface area contributed by atoms with E-state index in [1.807, 2.05) is 20.8 Å². The number of nitrogens with one attached hydrogen (secondary N) is 2. The second kappa shape index (κ2) is 8.68. The smallest absolute Gasteiger partial charge is 0.228 e. The highest BCUT2D eigenvalue weighted by molar-refractivity contribution is 6.28. The first-order valence-corrected chi connectivity index (χ1v) is 7.12. The minimum absolute atomic E-state index is 0.0417. The Kier molecular flexibility index (Phi) is 6.93. The summed E-state index contributed by atoms with van der Waals surface area (Å²) in [6.45, 7) is 6.73. The number of hydrogen-bond donors (Lipinski definition) is 5. The molecule has 0 unspecified atom stereocenters. The van der Waals surface area contributed by atoms with E-state index < -0.39 is 0 Å². The average Bonchev–Trinajstić information content (AvgIpc) is 2.36. The molecule has 0 fully saturated rings. The molecule has 0 amide bonds. The SMILES string of the molecule is CCNc1nc(Cl)nc(NC(C)C)n1.Nc1nc(N)nc(N)n1. The van der Waals surface area contributed by atoms with E-state index >= 15 is 0 Å². The van der Waals surface area contributed by atoms with Crippen LogP contribution in [0.25, 0.3) is 0 Å². The van der Waals surface area contributed by atoms with Gasteiger partial charge in [-0.05, 0) is 32.4 Å². The van der Waals surface area contributed by atoms with E-state index in [-0.39, 0.29) is 29.2 Å². The molecule has 2 aromatic rings. The first kappa shape index (κ1) is 18.4. The molecule has 0 bridgehead atoms. The molecule has 0 aliphatic carbocycles. The lowest BCUT2D eigenvalue weighted by molar-refractivity contribution is 0.866. The predicted octanol–water partition coefficient (Wildman–Crippen LogP) is 0.395. The van der Waals surface area contributed by atoms with Crippen molar-refractivity contribution in [3.8, 4) is 0 Å². The van der Waals surface area contributed by atoms with Crippen molar-refractivity contribution in [2.24, 2.45) is 0 Å². The molecule has 0 atom stereocenters. The Morgan fingerprint density at radius 1 is 0.870 bits per heavy atom. The van der Waals surface area contributed by atoms with E-state index in [2.05, 4.69) is 40.5 Å². The van der Waals surface area contributed by atoms with Gasteiger partial charge in [-0.3, -0.25) is 0 Å². The molecule has 23 heavy (non-hydrogen) atoms. The largest absolute Gasteiger partial charge is 0.368 e. The third-order valence-electron chi connectivity index (χ3n) is 2.05. The second-order valence-corrected chi connectivity index (χ2v) is 4.83. The number of nitrogens with two attached hydrogens (primary N) is 3. The third kappa shape index (κ3) is 7.22. The summed E-state index contributed by atoms with van der Waals surface area (Å²) in [4.78, 5) is 22.5. The first-order chi connectivity index (χ1) is 10.8. The van der Waals surface area contributed by atoms with Crippen molar-refractivity contribution < 1.29 is 0 Å². The van der Waals surface area contributed by atoms with Crippen LogP contribution >= 0.6 is 11.6 Å². The standard InChI is InChI=1S/C8H14ClN5.C3H6N6/c1-4-10-7-12-6(9)13-8(14-7)11-5(2)3;4-1-7-2(5)9-3(6)8-1/h5H,4H2,1-3H3,(H2,10,11,12,13,14);(H6,4,5,6,7,8,9). The van der Waals surface area contributed by atoms with Crippen LogP contribution in [0.4, 0.5) is 29.7 Å². The molecule has 2 heterocycles. The van der Waals surface area contributed by atoms with Gasteiger partial charge in [0.2, 0.25) is 35.0 Å². The van der Waals surface area contributed by atoms with Crippen molar-refractivity contribution in [3.05, 3.63) is 5.28 Å². The topological polar surface area (TPSA) is 179 Å². The number of anilines is 5. The Bertz CT molecular complexity index is 583. The maximum absolute atomic E-state index is 5.73. The van der Waals surface area contributed by atoms with Gasteiger partial charge in [0.05, 0.1) is 0 Å². The lowest BCUT2D eigenvalue weighted by atomic mass is 10.4. The fraction of sp³-hybridized carbons (Fsp3) is 0.455. The fourth-order valence-electron chi connectivity index (χ4n) is 1.34. The monoisotopic (exact) mass is 341 g/mol. The van der Waals surface area contributed by atoms with Gasteiger partial charge in [-0.25, -0.2) is 0 Å². The number of hydrogen-bond acceptors (Lipinski definition) is 11. The number of halogens is 1. The third-order valence-corrected chi connectivity index (χ3v) is 2.22. The molecule has 2 rings (SSSR count). The Labute approximate surface area is 138 Å². The summed E-state index contributed by atoms with van der Waals surface area (Å²) in [5.41, 5.74) is 15.4. The minimum Gasteiger partial charge on any atom is -0.368 e. The molecule has 0 aliphatic heterocycles. The van der Waals surface area contributed by atoms with Crippen LogP contribution < -0.4 is 27.8 Å². The number of rotatable bonds is 4. The molecule has 0 saturated heterocycles. The van der Waals surface area contributed by atoms with Gasteiger partial charge in [0.1, 0.15) is 0 Å². The second-order valence-electron chi connectivity index (χ2n) is 4.49. The Hall–Kier alpha value is -2.69. The zero-order valence-electron chi connectivity index (χ0n) is 13.1. The molecular weight excluding hydrogens is 322 g/mol. The van der Waals surface area contributed by atoms with Gasteiger partial charge in [0.15, 0.2) is 0 Å². The van der Waals surface area contributed by atoms with Crippen LogP contribution in [0.15, 0.2) is 0 Å². The zero-order valence-corrected chi connectivity index (χ0v) is 13.8. The van der Waals surface area contributed by atoms with Crippen molar-refractivity contribution in [2.75, 3.05) is 34.4 Å². The van der Waals surface area contributed by atoms with Crippen LogP contribution in [-0.2, 0) is 0 Å². The number of nitrogen functional groups attached to an aromatic ring is 3. The Morgan fingerprint density at radius 2 is 1.35 bits per heavy atom. The van der Waals surface area contributed by atoms with Crippen LogP contribution in [0.3, 0.4) is 0 Å². The summed E-state index contributed by atoms with van der Waals surface area (Å²) >= 11 is 5.73. The van der Waals surface area contributed by atoms with Crippen LogP contribution in [0.2, 0.25) is 5.28 Å². The predicted molar refractivity (Wildman–Crippen MR) is 90.8 cm³/mol. The van der Waals surface area contributed by atoms with E-state index in [0.29, 0.717) is 11.9 Å². The van der Waals surface area contributed by atoms with E-state index in [1.165, 1.54) is 0 Å². The summed E-state index contributed by atoms with van der Waals surface area (Å²) in [5.74, 6) is 1.12. The Morgan fingerprint density at radius 3 is 1.78 bits per heavy atom. The fourth-order valence-corrected chi connectivity index (χ4v) is 1.50. The lowest BCUT2D eigenvalue weighted by Crippen LogP contribution is -2.14. The van der Waals surface area contributed by atoms with Crippen molar-refractivity contribution >= 4 is 41.3 Å². The molecular formula is C11H20ClN11. The zero-order chi connectivity index (χ0) is 17.4. The van der Waals surface area contributed by atoms with Crippen molar-refractivity contribution in [3.63, 3.8) is 0 Å². The molecule has 12 heteroatoms. The molecule has 0 saturated carbocycles. The van der Waals surface area contributed by atoms with Crippen molar-refractivity contribution in [2.45, 2.75) is 26.8 Å². The van der Waals surface area contributed by atoms with Crippen LogP contribution in [-0.4, -0.2) is 42.5 Å². The average molecular weight is 342 g/mol. The quantitative estimate of drug-likeness (QED) is 0.519. The summed E-state index contributed by atoms with van der Waals surface area (Å²) in [5, 5.41) is 6.23. The van der Waals surface area contributed by atoms with Crippen LogP contribution in [0, 0.1) is 0 Å². The van der Waals surface area contributed by atoms with Crippen molar-refractivity contribution in [1.29, 1.82) is 0 Å². The van der Waals surface area contributed by atoms with Gasteiger partial charge in [-0.2, -0.15) is 29.9 Å². The highest BCUT2D eigenvalue weighted by atomic mass is 35.5. The van der Waals surface area contributed by atoms with Gasteiger partial charge < -0.3 is 27.8 Å². The summed E-state index contributed by atoms with van der Waals surface area (Å²) in [6.07, 6.45) is 0. The van der Waals surface area contributed by atoms with Crippen LogP contribution in [0.1, 0.15) is 20.8 Å². The molecule has 0 aromatic carbocycles. The minimum atomic E-state index is 0.0417. The lowest BCUT2D eigenvalue weighted by Gasteiger charge is -2.09. The van der Waals surface area contributed by atoms with E-state index in [9.17, 15) is 0 Å². The maximum atomic E-state index is 5.73. The van der Waals surface area contributed by atoms with E-state index in [4.69, 9.17) is 28.8 Å². The van der Waals surface area contributed by atoms with E-state index in [1.54, 1.807) is 0 Å². The first-order valence-electron chi connectivity index (χ1n) is 6.74. The summed E-state index contributed by atoms with van der Waals surface area (Å²) in [7, 11) is 0. The van der Waals surface area contributed by atoms with Crippen LogP contribution in [0.5, 0.6) is 0 Å². The molecule has 8 N–H and O–H groups in total. The molecule has 0 spiro atoms. The molecule has 0 radical (unpaired) electrons. The normalized spacial score (nSPS) is 9.96. The number of aromatic nitrogens is 6. The number of nitrogens with zero attached hydrogens (tertiary/aromatic N) is 6. The van der Waals surface area contributed by atoms with Gasteiger partial charge in [-0.1, -0.05) is 0 Å². The summed E-state index contributed by atoms with van der Waals surface area (Å²) < 4.78 is 0. The molecule has 11 nitrogen and oxygen atoms in total. The van der Waals surface area contributed by atoms with Gasteiger partial charge in [0, 0.05) is 12.6 Å². The van der Waals surface area contributed by atoms with Crippen molar-refractivity contribution in [1.82, 2.24) is 29.9 Å². The summed E-state index contributed by atoms with van der Waals surface area (Å²) in [6, 6.07) is 0.267.